The molecule has 0 saturated heterocycles. The van der Waals surface area contributed by atoms with Crippen LogP contribution >= 0.6 is 24.9 Å². The summed E-state index contributed by atoms with van der Waals surface area (Å²) in [6.45, 7) is 0. The largest absolute Gasteiger partial charge is 0.314 e. The maximum Gasteiger partial charge on any atom is 0.0848 e. The van der Waals surface area contributed by atoms with Crippen molar-refractivity contribution < 1.29 is 0 Å². The van der Waals surface area contributed by atoms with E-state index in [0.29, 0.717) is 0 Å². The van der Waals surface area contributed by atoms with E-state index in [1.807, 2.05) is 0 Å². The number of nitrogens with one attached hydrogen (secondary N) is 1. The third-order valence-electron chi connectivity index (χ3n) is 1.000. The van der Waals surface area contributed by atoms with Gasteiger partial charge in [-0.1, -0.05) is 43.5 Å². The fourth-order valence-electron chi connectivity index (χ4n) is 0.250. The average molecular weight is 171 g/mol. The molecule has 0 aromatic heterocycles. The van der Waals surface area contributed by atoms with E-state index in [4.69, 9.17) is 6.44 Å². The highest BCUT2D eigenvalue weighted by Crippen LogP contribution is 2.39. The lowest BCUT2D eigenvalue weighted by atomic mass is 10.0. The van der Waals surface area contributed by atoms with Gasteiger partial charge >= 0.3 is 0 Å². The van der Waals surface area contributed by atoms with Crippen LogP contribution < -0.4 is 0 Å². The Balaban J connectivity index is 0.000000144. The lowest BCUT2D eigenvalue weighted by Crippen LogP contribution is -1.85. The summed E-state index contributed by atoms with van der Waals surface area (Å²) in [5.41, 5.74) is 0. The van der Waals surface area contributed by atoms with Crippen LogP contribution in [0.2, 0.25) is 0 Å². The molecule has 0 amide bonds. The van der Waals surface area contributed by atoms with Gasteiger partial charge in [-0.2, -0.15) is 0 Å². The van der Waals surface area contributed by atoms with E-state index in [2.05, 4.69) is 17.9 Å². The topological polar surface area (TPSA) is 23.9 Å². The molecule has 1 nitrogen and oxygen atoms in total. The molecule has 0 aromatic carbocycles. The zero-order valence-corrected chi connectivity index (χ0v) is 8.13. The molecule has 0 heterocycles. The van der Waals surface area contributed by atoms with Crippen LogP contribution in [0.5, 0.6) is 0 Å². The maximum atomic E-state index is 6.64. The van der Waals surface area contributed by atoms with Crippen LogP contribution in [0.4, 0.5) is 0 Å². The van der Waals surface area contributed by atoms with Gasteiger partial charge in [-0.3, -0.25) is 0 Å². The zero-order valence-electron chi connectivity index (χ0n) is 5.93. The Labute approximate surface area is 57.8 Å². The first-order valence-electron chi connectivity index (χ1n) is 3.19. The second-order valence-electron chi connectivity index (χ2n) is 1.82. The fourth-order valence-corrected chi connectivity index (χ4v) is 0.250. The predicted molar refractivity (Wildman–Crippen MR) is 48.9 cm³/mol. The Morgan fingerprint density at radius 1 is 1.25 bits per heavy atom. The quantitative estimate of drug-likeness (QED) is 0.541. The molecule has 1 saturated carbocycles. The summed E-state index contributed by atoms with van der Waals surface area (Å²) in [4.78, 5) is 0. The van der Waals surface area contributed by atoms with Crippen LogP contribution in [0.1, 0.15) is 25.7 Å². The first-order chi connectivity index (χ1) is 4.00. The van der Waals surface area contributed by atoms with Crippen LogP contribution in [-0.4, -0.2) is 1.28 Å². The van der Waals surface area contributed by atoms with Gasteiger partial charge < -0.3 is 5.16 Å². The molecule has 0 aliphatic heterocycles. The molecule has 4 heteroatoms. The minimum Gasteiger partial charge on any atom is -0.314 e. The highest BCUT2D eigenvalue weighted by Gasteiger charge is 1.95. The average Bonchev–Trinajstić information content (AvgIpc) is 1.12. The van der Waals surface area contributed by atoms with Crippen LogP contribution in [-0.2, 0) is 0 Å². The molecule has 0 radical (unpaired) electrons. The van der Waals surface area contributed by atoms with Crippen LogP contribution in [0.15, 0.2) is 0 Å². The SMILES string of the molecule is C1CCC1.[3H]P(=N)(P)P. The first kappa shape index (κ1) is 7.20. The highest BCUT2D eigenvalue weighted by molar-refractivity contribution is 8.37. The Kier molecular flexibility index (Phi) is 5.59. The smallest absolute Gasteiger partial charge is 0.0848 e. The third-order valence-corrected chi connectivity index (χ3v) is 1.000. The second kappa shape index (κ2) is 6.21. The Bertz CT molecular complexity index is 94.1. The summed E-state index contributed by atoms with van der Waals surface area (Å²) < 4.78 is 6.64. The molecular weight excluding hydrogens is 155 g/mol. The summed E-state index contributed by atoms with van der Waals surface area (Å²) in [5, 5.41) is 6.64. The van der Waals surface area contributed by atoms with Crippen molar-refractivity contribution in [3.63, 3.8) is 0 Å². The van der Waals surface area contributed by atoms with Crippen molar-refractivity contribution in [1.29, 1.82) is 6.44 Å². The van der Waals surface area contributed by atoms with Gasteiger partial charge in [0.2, 0.25) is 0 Å². The van der Waals surface area contributed by atoms with E-state index in [-0.39, 0.29) is 0 Å². The van der Waals surface area contributed by atoms with Crippen LogP contribution in [0.25, 0.3) is 0 Å². The van der Waals surface area contributed by atoms with Crippen LogP contribution in [0, 0.1) is 5.16 Å². The Morgan fingerprint density at radius 3 is 1.38 bits per heavy atom. The lowest BCUT2D eigenvalue weighted by molar-refractivity contribution is 0.504. The molecule has 2 unspecified atom stereocenters. The molecule has 1 N–H and O–H groups in total. The number of hydrogen-bond acceptors (Lipinski definition) is 1. The van der Waals surface area contributed by atoms with Crippen LogP contribution in [0.3, 0.4) is 0 Å². The van der Waals surface area contributed by atoms with E-state index in [1.165, 1.54) is 25.7 Å². The van der Waals surface area contributed by atoms with Gasteiger partial charge in [0.25, 0.3) is 0 Å². The molecular formula is C4H14NP3. The van der Waals surface area contributed by atoms with E-state index < -0.39 is 7.04 Å². The van der Waals surface area contributed by atoms with Gasteiger partial charge in [0.1, 0.15) is 0 Å². The molecule has 50 valence electrons. The van der Waals surface area contributed by atoms with Gasteiger partial charge in [0, 0.05) is 0 Å². The molecule has 1 rings (SSSR count). The van der Waals surface area contributed by atoms with E-state index in [9.17, 15) is 0 Å². The van der Waals surface area contributed by atoms with Crippen molar-refractivity contribution >= 4 is 24.9 Å². The van der Waals surface area contributed by atoms with Gasteiger partial charge in [-0.15, -0.1) is 0 Å². The van der Waals surface area contributed by atoms with Gasteiger partial charge in [0.15, 0.2) is 0 Å². The Morgan fingerprint density at radius 2 is 1.38 bits per heavy atom. The normalized spacial score (nSPS) is 19.5. The number of rotatable bonds is 0. The van der Waals surface area contributed by atoms with Crippen molar-refractivity contribution in [2.24, 2.45) is 0 Å². The molecule has 2 atom stereocenters. The summed E-state index contributed by atoms with van der Waals surface area (Å²) in [5.74, 6) is 0. The fraction of sp³-hybridized carbons (Fsp3) is 1.00. The van der Waals surface area contributed by atoms with E-state index in [0.717, 1.165) is 0 Å². The van der Waals surface area contributed by atoms with E-state index in [1.54, 1.807) is 0 Å². The van der Waals surface area contributed by atoms with Crippen molar-refractivity contribution in [3.8, 4) is 0 Å². The molecule has 1 aliphatic rings. The predicted octanol–water partition coefficient (Wildman–Crippen LogP) is 3.10. The van der Waals surface area contributed by atoms with Crippen molar-refractivity contribution in [3.05, 3.63) is 0 Å². The molecule has 1 fully saturated rings. The first-order valence-corrected chi connectivity index (χ1v) is 7.32. The molecule has 1 aliphatic carbocycles. The van der Waals surface area contributed by atoms with E-state index >= 15 is 0 Å². The minimum absolute atomic E-state index is 1.50. The van der Waals surface area contributed by atoms with Gasteiger partial charge in [-0.05, 0) is 7.04 Å². The number of hydrogen-bond donors (Lipinski definition) is 1. The summed E-state index contributed by atoms with van der Waals surface area (Å²) >= 11 is 0. The molecule has 0 spiro atoms. The zero-order chi connectivity index (χ0) is 7.33. The Hall–Kier alpha value is 1.09. The summed E-state index contributed by atoms with van der Waals surface area (Å²) in [6, 6.07) is 0. The van der Waals surface area contributed by atoms with Crippen molar-refractivity contribution in [2.75, 3.05) is 0 Å². The second-order valence-corrected chi connectivity index (χ2v) is 7.76. The monoisotopic (exact) mass is 171 g/mol. The van der Waals surface area contributed by atoms with Crippen molar-refractivity contribution in [2.45, 2.75) is 25.7 Å². The summed E-state index contributed by atoms with van der Waals surface area (Å²) in [7, 11) is 2.19. The maximum absolute atomic E-state index is 6.64. The third kappa shape index (κ3) is 10.1. The summed E-state index contributed by atoms with van der Waals surface area (Å²) in [6.07, 6.45) is 6.00. The van der Waals surface area contributed by atoms with Gasteiger partial charge in [0.05, 0.1) is 1.28 Å². The standard InChI is InChI=1S/C4H8.H6NP3/c1-2-4-3-1;1-4(2)3/h1-4H2;1,4H,2-3H2/i;4T. The lowest BCUT2D eigenvalue weighted by Gasteiger charge is -2.05. The minimum atomic E-state index is -2.06. The molecule has 0 aromatic rings. The molecule has 0 bridgehead atoms. The van der Waals surface area contributed by atoms with Crippen molar-refractivity contribution in [1.82, 2.24) is 0 Å². The highest BCUT2D eigenvalue weighted by atomic mass is 32.4. The molecule has 8 heavy (non-hydrogen) atoms. The van der Waals surface area contributed by atoms with Gasteiger partial charge in [-0.25, -0.2) is 0 Å².